The van der Waals surface area contributed by atoms with Crippen LogP contribution in [0.1, 0.15) is 18.4 Å². The van der Waals surface area contributed by atoms with Crippen molar-refractivity contribution in [3.05, 3.63) is 42.3 Å². The van der Waals surface area contributed by atoms with Gasteiger partial charge in [0.2, 0.25) is 6.39 Å². The number of urea groups is 1. The highest BCUT2D eigenvalue weighted by molar-refractivity contribution is 7.19. The summed E-state index contributed by atoms with van der Waals surface area (Å²) in [5.74, 6) is -2.24. The minimum Gasteiger partial charge on any atom is -0.423 e. The largest absolute Gasteiger partial charge is 0.423 e. The fraction of sp³-hybridized carbons (Fsp3) is 0.316. The van der Waals surface area contributed by atoms with Crippen molar-refractivity contribution in [3.63, 3.8) is 0 Å². The highest BCUT2D eigenvalue weighted by atomic mass is 32.1. The number of halogens is 2. The van der Waals surface area contributed by atoms with Crippen LogP contribution in [0.3, 0.4) is 0 Å². The molecule has 10 heteroatoms. The van der Waals surface area contributed by atoms with Crippen molar-refractivity contribution >= 4 is 23.1 Å². The summed E-state index contributed by atoms with van der Waals surface area (Å²) in [7, 11) is 0. The van der Waals surface area contributed by atoms with Crippen LogP contribution in [0, 0.1) is 0 Å². The van der Waals surface area contributed by atoms with E-state index < -0.39 is 12.0 Å². The van der Waals surface area contributed by atoms with E-state index in [9.17, 15) is 13.6 Å². The molecule has 3 heterocycles. The van der Waals surface area contributed by atoms with Crippen molar-refractivity contribution in [1.82, 2.24) is 15.1 Å². The molecule has 0 aliphatic carbocycles. The molecule has 7 nitrogen and oxygen atoms in total. The number of thiophene rings is 1. The summed E-state index contributed by atoms with van der Waals surface area (Å²) in [5.41, 5.74) is 7.76. The molecule has 29 heavy (non-hydrogen) atoms. The summed E-state index contributed by atoms with van der Waals surface area (Å²) in [4.78, 5) is 14.9. The van der Waals surface area contributed by atoms with Gasteiger partial charge in [-0.1, -0.05) is 24.3 Å². The van der Waals surface area contributed by atoms with Gasteiger partial charge in [-0.05, 0) is 17.2 Å². The Morgan fingerprint density at radius 1 is 1.28 bits per heavy atom. The van der Waals surface area contributed by atoms with Gasteiger partial charge in [-0.15, -0.1) is 21.5 Å². The molecule has 4 rings (SSSR count). The van der Waals surface area contributed by atoms with Crippen LogP contribution in [-0.4, -0.2) is 40.1 Å². The molecule has 3 aromatic rings. The normalized spacial score (nSPS) is 16.6. The molecule has 0 radical (unpaired) electrons. The zero-order valence-electron chi connectivity index (χ0n) is 15.4. The molecule has 2 amide bonds. The van der Waals surface area contributed by atoms with Gasteiger partial charge in [0.05, 0.1) is 5.69 Å². The van der Waals surface area contributed by atoms with E-state index in [2.05, 4.69) is 15.5 Å². The van der Waals surface area contributed by atoms with E-state index >= 15 is 0 Å². The molecule has 1 aliphatic rings. The van der Waals surface area contributed by atoms with Gasteiger partial charge in [0.25, 0.3) is 11.8 Å². The number of nitrogens with one attached hydrogen (secondary N) is 1. The molecule has 152 valence electrons. The van der Waals surface area contributed by atoms with Gasteiger partial charge < -0.3 is 15.5 Å². The van der Waals surface area contributed by atoms with Crippen LogP contribution in [-0.2, 0) is 6.54 Å². The SMILES string of the molecule is NC(=O)Nc1cc(-c2ccc(CN3CCC(F)(F)CC3)cc2)sc1-c1nnco1. The standard InChI is InChI=1S/C19H19F2N5O2S/c20-19(21)5-7-26(8-6-19)10-12-1-3-13(4-2-12)15-9-14(24-18(22)27)16(29-15)17-25-23-11-28-17/h1-4,9,11H,5-8,10H2,(H3,22,24,27). The summed E-state index contributed by atoms with van der Waals surface area (Å²) >= 11 is 1.39. The smallest absolute Gasteiger partial charge is 0.316 e. The first-order valence-electron chi connectivity index (χ1n) is 9.06. The van der Waals surface area contributed by atoms with Crippen LogP contribution in [0.25, 0.3) is 21.2 Å². The number of nitrogens with two attached hydrogens (primary N) is 1. The van der Waals surface area contributed by atoms with Gasteiger partial charge in [0.15, 0.2) is 0 Å². The van der Waals surface area contributed by atoms with Crippen molar-refractivity contribution in [2.75, 3.05) is 18.4 Å². The average molecular weight is 419 g/mol. The number of rotatable bonds is 5. The van der Waals surface area contributed by atoms with E-state index in [1.807, 2.05) is 29.2 Å². The molecule has 1 fully saturated rings. The van der Waals surface area contributed by atoms with Crippen molar-refractivity contribution in [3.8, 4) is 21.2 Å². The molecule has 0 saturated carbocycles. The van der Waals surface area contributed by atoms with E-state index in [0.717, 1.165) is 16.0 Å². The number of likely N-dealkylation sites (tertiary alicyclic amines) is 1. The van der Waals surface area contributed by atoms with Crippen molar-refractivity contribution in [1.29, 1.82) is 0 Å². The van der Waals surface area contributed by atoms with Gasteiger partial charge in [-0.3, -0.25) is 4.90 Å². The predicted octanol–water partition coefficient (Wildman–Crippen LogP) is 4.19. The van der Waals surface area contributed by atoms with E-state index in [1.165, 1.54) is 17.7 Å². The first-order chi connectivity index (χ1) is 13.9. The molecule has 0 unspecified atom stereocenters. The quantitative estimate of drug-likeness (QED) is 0.646. The zero-order chi connectivity index (χ0) is 20.4. The van der Waals surface area contributed by atoms with Crippen LogP contribution < -0.4 is 11.1 Å². The highest BCUT2D eigenvalue weighted by Gasteiger charge is 2.33. The van der Waals surface area contributed by atoms with Crippen LogP contribution in [0.15, 0.2) is 41.1 Å². The lowest BCUT2D eigenvalue weighted by atomic mass is 10.1. The van der Waals surface area contributed by atoms with Crippen molar-refractivity contribution in [2.45, 2.75) is 25.3 Å². The molecule has 2 aromatic heterocycles. The Morgan fingerprint density at radius 2 is 2.00 bits per heavy atom. The van der Waals surface area contributed by atoms with Crippen LogP contribution in [0.4, 0.5) is 19.3 Å². The summed E-state index contributed by atoms with van der Waals surface area (Å²) < 4.78 is 31.8. The number of primary amides is 1. The Kier molecular flexibility index (Phi) is 5.29. The second kappa shape index (κ2) is 7.88. The predicted molar refractivity (Wildman–Crippen MR) is 106 cm³/mol. The minimum atomic E-state index is -2.54. The third-order valence-corrected chi connectivity index (χ3v) is 5.95. The number of nitrogens with zero attached hydrogens (tertiary/aromatic N) is 3. The summed E-state index contributed by atoms with van der Waals surface area (Å²) in [6.45, 7) is 1.44. The molecule has 0 bridgehead atoms. The summed E-state index contributed by atoms with van der Waals surface area (Å²) in [6.07, 6.45) is 1.04. The number of alkyl halides is 2. The first kappa shape index (κ1) is 19.5. The number of hydrogen-bond donors (Lipinski definition) is 2. The fourth-order valence-corrected chi connectivity index (χ4v) is 4.31. The highest BCUT2D eigenvalue weighted by Crippen LogP contribution is 2.40. The second-order valence-electron chi connectivity index (χ2n) is 6.92. The molecule has 0 atom stereocenters. The molecule has 3 N–H and O–H groups in total. The number of aromatic nitrogens is 2. The number of amides is 2. The lowest BCUT2D eigenvalue weighted by Crippen LogP contribution is -2.38. The van der Waals surface area contributed by atoms with Gasteiger partial charge >= 0.3 is 6.03 Å². The Balaban J connectivity index is 1.51. The Labute approximate surface area is 169 Å². The molecule has 1 saturated heterocycles. The molecule has 1 aliphatic heterocycles. The zero-order valence-corrected chi connectivity index (χ0v) is 16.2. The fourth-order valence-electron chi connectivity index (χ4n) is 3.26. The van der Waals surface area contributed by atoms with Crippen LogP contribution in [0.2, 0.25) is 0 Å². The van der Waals surface area contributed by atoms with E-state index in [-0.39, 0.29) is 12.8 Å². The lowest BCUT2D eigenvalue weighted by molar-refractivity contribution is -0.0566. The van der Waals surface area contributed by atoms with Crippen LogP contribution >= 0.6 is 11.3 Å². The average Bonchev–Trinajstić information content (AvgIpc) is 3.33. The molecule has 0 spiro atoms. The number of carbonyl (C=O) groups is 1. The van der Waals surface area contributed by atoms with Gasteiger partial charge in [-0.25, -0.2) is 13.6 Å². The monoisotopic (exact) mass is 419 g/mol. The minimum absolute atomic E-state index is 0.0889. The third-order valence-electron chi connectivity index (χ3n) is 4.78. The Bertz CT molecular complexity index is 979. The first-order valence-corrected chi connectivity index (χ1v) is 9.88. The van der Waals surface area contributed by atoms with E-state index in [1.54, 1.807) is 6.07 Å². The maximum Gasteiger partial charge on any atom is 0.316 e. The number of anilines is 1. The number of piperidine rings is 1. The van der Waals surface area contributed by atoms with E-state index in [4.69, 9.17) is 10.2 Å². The Hall–Kier alpha value is -2.85. The van der Waals surface area contributed by atoms with Crippen molar-refractivity contribution in [2.24, 2.45) is 5.73 Å². The molecular formula is C19H19F2N5O2S. The molecule has 1 aromatic carbocycles. The topological polar surface area (TPSA) is 97.3 Å². The van der Waals surface area contributed by atoms with Gasteiger partial charge in [0, 0.05) is 37.4 Å². The molecular weight excluding hydrogens is 400 g/mol. The maximum absolute atomic E-state index is 13.3. The van der Waals surface area contributed by atoms with Gasteiger partial charge in [-0.2, -0.15) is 0 Å². The summed E-state index contributed by atoms with van der Waals surface area (Å²) in [6, 6.07) is 9.01. The Morgan fingerprint density at radius 3 is 2.62 bits per heavy atom. The lowest BCUT2D eigenvalue weighted by Gasteiger charge is -2.31. The van der Waals surface area contributed by atoms with Crippen LogP contribution in [0.5, 0.6) is 0 Å². The summed E-state index contributed by atoms with van der Waals surface area (Å²) in [5, 5.41) is 10.1. The third kappa shape index (κ3) is 4.60. The second-order valence-corrected chi connectivity index (χ2v) is 7.97. The van der Waals surface area contributed by atoms with Crippen molar-refractivity contribution < 1.29 is 18.0 Å². The maximum atomic E-state index is 13.3. The number of benzene rings is 1. The van der Waals surface area contributed by atoms with E-state index in [0.29, 0.717) is 36.1 Å². The number of carbonyl (C=O) groups excluding carboxylic acids is 1. The number of hydrogen-bond acceptors (Lipinski definition) is 6. The van der Waals surface area contributed by atoms with Gasteiger partial charge in [0.1, 0.15) is 4.88 Å².